The summed E-state index contributed by atoms with van der Waals surface area (Å²) in [6, 6.07) is 16.3. The standard InChI is InChI=1S/C28H29N3O8/c1-3-36-24(12-13-26(33)31-20-7-5-4-6-19(20)29)27(17-8-10-22(35-2)21(32)14-17)39-28(34)30-18-9-11-23-25(15-18)38-16-37-23/h4-15,24,27,32H,3,16,29H2,1-2H3,(H,30,34)(H,31,33)/b13-12+/t24-,27-/m0/s1. The number of nitrogen functional groups attached to an aromatic ring is 1. The summed E-state index contributed by atoms with van der Waals surface area (Å²) in [5.74, 6) is 0.683. The largest absolute Gasteiger partial charge is 0.504 e. The highest BCUT2D eigenvalue weighted by molar-refractivity contribution is 6.01. The molecule has 2 atom stereocenters. The fraction of sp³-hybridized carbons (Fsp3) is 0.214. The maximum atomic E-state index is 13.0. The van der Waals surface area contributed by atoms with Crippen molar-refractivity contribution in [2.24, 2.45) is 0 Å². The molecule has 1 aliphatic heterocycles. The van der Waals surface area contributed by atoms with Gasteiger partial charge in [0.05, 0.1) is 18.5 Å². The number of carbonyl (C=O) groups is 2. The molecule has 0 aromatic heterocycles. The smallest absolute Gasteiger partial charge is 0.412 e. The first-order valence-electron chi connectivity index (χ1n) is 12.1. The minimum Gasteiger partial charge on any atom is -0.504 e. The molecule has 39 heavy (non-hydrogen) atoms. The van der Waals surface area contributed by atoms with Gasteiger partial charge in [-0.25, -0.2) is 4.79 Å². The van der Waals surface area contributed by atoms with Gasteiger partial charge in [0.25, 0.3) is 0 Å². The van der Waals surface area contributed by atoms with Crippen molar-refractivity contribution in [1.29, 1.82) is 0 Å². The Morgan fingerprint density at radius 2 is 1.87 bits per heavy atom. The Morgan fingerprint density at radius 3 is 2.62 bits per heavy atom. The van der Waals surface area contributed by atoms with Gasteiger partial charge in [0, 0.05) is 24.4 Å². The summed E-state index contributed by atoms with van der Waals surface area (Å²) in [4.78, 5) is 25.6. The summed E-state index contributed by atoms with van der Waals surface area (Å²) in [6.45, 7) is 2.11. The molecule has 0 saturated carbocycles. The van der Waals surface area contributed by atoms with Crippen LogP contribution in [0, 0.1) is 0 Å². The molecule has 11 nitrogen and oxygen atoms in total. The average molecular weight is 536 g/mol. The molecule has 0 saturated heterocycles. The lowest BCUT2D eigenvalue weighted by atomic mass is 10.0. The SMILES string of the molecule is CCO[C@@H](/C=C/C(=O)Nc1ccccc1N)[C@@H](OC(=O)Nc1ccc2c(c1)OCO2)c1ccc(OC)c(O)c1. The average Bonchev–Trinajstić information content (AvgIpc) is 3.39. The highest BCUT2D eigenvalue weighted by Crippen LogP contribution is 2.35. The van der Waals surface area contributed by atoms with Crippen LogP contribution in [0.5, 0.6) is 23.0 Å². The summed E-state index contributed by atoms with van der Waals surface area (Å²) in [5.41, 5.74) is 7.60. The van der Waals surface area contributed by atoms with Crippen LogP contribution >= 0.6 is 0 Å². The second kappa shape index (κ2) is 12.6. The first kappa shape index (κ1) is 27.1. The molecule has 0 bridgehead atoms. The molecule has 0 fully saturated rings. The van der Waals surface area contributed by atoms with Gasteiger partial charge < -0.3 is 39.8 Å². The topological polar surface area (TPSA) is 151 Å². The van der Waals surface area contributed by atoms with Gasteiger partial charge in [-0.2, -0.15) is 0 Å². The number of aromatic hydroxyl groups is 1. The number of phenolic OH excluding ortho intramolecular Hbond substituents is 1. The van der Waals surface area contributed by atoms with Gasteiger partial charge in [-0.1, -0.05) is 18.2 Å². The highest BCUT2D eigenvalue weighted by atomic mass is 16.7. The number of anilines is 3. The first-order valence-corrected chi connectivity index (χ1v) is 12.1. The maximum absolute atomic E-state index is 13.0. The van der Waals surface area contributed by atoms with Gasteiger partial charge in [0.15, 0.2) is 29.1 Å². The van der Waals surface area contributed by atoms with Gasteiger partial charge in [-0.3, -0.25) is 10.1 Å². The van der Waals surface area contributed by atoms with Crippen LogP contribution in [0.3, 0.4) is 0 Å². The van der Waals surface area contributed by atoms with Crippen molar-refractivity contribution in [3.63, 3.8) is 0 Å². The summed E-state index contributed by atoms with van der Waals surface area (Å²) in [6.07, 6.45) is -0.0143. The van der Waals surface area contributed by atoms with Gasteiger partial charge >= 0.3 is 6.09 Å². The van der Waals surface area contributed by atoms with Crippen LogP contribution in [-0.2, 0) is 14.3 Å². The number of methoxy groups -OCH3 is 1. The number of benzene rings is 3. The van der Waals surface area contributed by atoms with E-state index in [9.17, 15) is 14.7 Å². The van der Waals surface area contributed by atoms with Gasteiger partial charge in [0.2, 0.25) is 12.7 Å². The molecule has 3 aromatic carbocycles. The van der Waals surface area contributed by atoms with Crippen LogP contribution in [0.4, 0.5) is 21.9 Å². The zero-order valence-electron chi connectivity index (χ0n) is 21.4. The summed E-state index contributed by atoms with van der Waals surface area (Å²) in [5, 5.41) is 15.7. The molecule has 204 valence electrons. The van der Waals surface area contributed by atoms with Crippen LogP contribution in [-0.4, -0.2) is 43.7 Å². The molecule has 1 aliphatic rings. The molecule has 3 aromatic rings. The van der Waals surface area contributed by atoms with E-state index in [2.05, 4.69) is 10.6 Å². The van der Waals surface area contributed by atoms with Gasteiger partial charge in [0.1, 0.15) is 6.10 Å². The molecule has 2 amide bonds. The van der Waals surface area contributed by atoms with E-state index in [4.69, 9.17) is 29.4 Å². The van der Waals surface area contributed by atoms with Crippen LogP contribution < -0.4 is 30.6 Å². The first-order chi connectivity index (χ1) is 18.9. The molecule has 0 unspecified atom stereocenters. The second-order valence-corrected chi connectivity index (χ2v) is 8.31. The van der Waals surface area contributed by atoms with E-state index < -0.39 is 24.2 Å². The van der Waals surface area contributed by atoms with Crippen molar-refractivity contribution in [2.45, 2.75) is 19.1 Å². The molecular weight excluding hydrogens is 506 g/mol. The highest BCUT2D eigenvalue weighted by Gasteiger charge is 2.28. The van der Waals surface area contributed by atoms with Crippen molar-refractivity contribution in [3.05, 3.63) is 78.4 Å². The van der Waals surface area contributed by atoms with E-state index in [0.717, 1.165) is 0 Å². The van der Waals surface area contributed by atoms with Crippen molar-refractivity contribution in [1.82, 2.24) is 0 Å². The number of hydrogen-bond donors (Lipinski definition) is 4. The third-order valence-electron chi connectivity index (χ3n) is 5.70. The number of nitrogens with one attached hydrogen (secondary N) is 2. The molecule has 0 radical (unpaired) electrons. The van der Waals surface area contributed by atoms with Crippen LogP contribution in [0.1, 0.15) is 18.6 Å². The Kier molecular flexibility index (Phi) is 8.75. The molecular formula is C28H29N3O8. The molecule has 11 heteroatoms. The Labute approximate surface area is 225 Å². The lowest BCUT2D eigenvalue weighted by Crippen LogP contribution is -2.28. The van der Waals surface area contributed by atoms with Crippen molar-refractivity contribution in [3.8, 4) is 23.0 Å². The Balaban J connectivity index is 1.57. The molecule has 0 aliphatic carbocycles. The molecule has 0 spiro atoms. The number of ether oxygens (including phenoxy) is 5. The summed E-state index contributed by atoms with van der Waals surface area (Å²) in [7, 11) is 1.42. The number of rotatable bonds is 10. The minimum atomic E-state index is -1.05. The van der Waals surface area contributed by atoms with Crippen molar-refractivity contribution in [2.75, 3.05) is 36.9 Å². The van der Waals surface area contributed by atoms with E-state index in [0.29, 0.717) is 34.1 Å². The number of nitrogens with two attached hydrogens (primary N) is 1. The zero-order valence-corrected chi connectivity index (χ0v) is 21.4. The quantitative estimate of drug-likeness (QED) is 0.216. The molecule has 5 N–H and O–H groups in total. The fourth-order valence-corrected chi connectivity index (χ4v) is 3.85. The van der Waals surface area contributed by atoms with E-state index in [-0.39, 0.29) is 24.9 Å². The Hall–Kier alpha value is -4.90. The number of phenols is 1. The number of fused-ring (bicyclic) bond motifs is 1. The predicted octanol–water partition coefficient (Wildman–Crippen LogP) is 4.60. The fourth-order valence-electron chi connectivity index (χ4n) is 3.85. The lowest BCUT2D eigenvalue weighted by molar-refractivity contribution is -0.112. The predicted molar refractivity (Wildman–Crippen MR) is 144 cm³/mol. The number of hydrogen-bond acceptors (Lipinski definition) is 9. The number of para-hydroxylation sites is 2. The number of carbonyl (C=O) groups excluding carboxylic acids is 2. The minimum absolute atomic E-state index is 0.0963. The van der Waals surface area contributed by atoms with Crippen molar-refractivity contribution < 1.29 is 38.4 Å². The van der Waals surface area contributed by atoms with Crippen LogP contribution in [0.15, 0.2) is 72.8 Å². The molecule has 4 rings (SSSR count). The summed E-state index contributed by atoms with van der Waals surface area (Å²) < 4.78 is 27.4. The monoisotopic (exact) mass is 535 g/mol. The van der Waals surface area contributed by atoms with Gasteiger partial charge in [-0.15, -0.1) is 0 Å². The second-order valence-electron chi connectivity index (χ2n) is 8.31. The van der Waals surface area contributed by atoms with E-state index >= 15 is 0 Å². The molecule has 1 heterocycles. The Bertz CT molecular complexity index is 1360. The normalized spacial score (nSPS) is 13.5. The van der Waals surface area contributed by atoms with E-state index in [1.807, 2.05) is 0 Å². The zero-order chi connectivity index (χ0) is 27.8. The van der Waals surface area contributed by atoms with E-state index in [1.165, 1.54) is 31.4 Å². The number of amides is 2. The van der Waals surface area contributed by atoms with Crippen LogP contribution in [0.25, 0.3) is 0 Å². The van der Waals surface area contributed by atoms with E-state index in [1.54, 1.807) is 55.5 Å². The summed E-state index contributed by atoms with van der Waals surface area (Å²) >= 11 is 0. The van der Waals surface area contributed by atoms with Crippen molar-refractivity contribution >= 4 is 29.1 Å². The van der Waals surface area contributed by atoms with Gasteiger partial charge in [-0.05, 0) is 55.0 Å². The third kappa shape index (κ3) is 6.90. The maximum Gasteiger partial charge on any atom is 0.412 e. The Morgan fingerprint density at radius 1 is 1.08 bits per heavy atom. The lowest BCUT2D eigenvalue weighted by Gasteiger charge is -2.25. The van der Waals surface area contributed by atoms with Crippen LogP contribution in [0.2, 0.25) is 0 Å². The third-order valence-corrected chi connectivity index (χ3v) is 5.70.